The molecule has 1 aliphatic rings. The molecule has 0 N–H and O–H groups in total. The molecule has 0 bridgehead atoms. The van der Waals surface area contributed by atoms with Crippen LogP contribution in [-0.4, -0.2) is 30.8 Å². The number of hydrogen-bond acceptors (Lipinski definition) is 4. The normalized spacial score (nSPS) is 13.8. The highest BCUT2D eigenvalue weighted by Crippen LogP contribution is 2.29. The fourth-order valence-corrected chi connectivity index (χ4v) is 2.92. The van der Waals surface area contributed by atoms with Gasteiger partial charge in [-0.3, -0.25) is 9.59 Å². The summed E-state index contributed by atoms with van der Waals surface area (Å²) in [5.74, 6) is -1.92. The van der Waals surface area contributed by atoms with Gasteiger partial charge < -0.3 is 9.64 Å². The Hall–Kier alpha value is -2.73. The van der Waals surface area contributed by atoms with Crippen LogP contribution >= 0.6 is 11.6 Å². The quantitative estimate of drug-likeness (QED) is 0.591. The van der Waals surface area contributed by atoms with E-state index in [1.54, 1.807) is 0 Å². The molecule has 1 heterocycles. The molecule has 0 aromatic heterocycles. The molecule has 1 fully saturated rings. The Bertz CT molecular complexity index is 884. The van der Waals surface area contributed by atoms with Gasteiger partial charge in [-0.1, -0.05) is 23.7 Å². The molecule has 0 aliphatic carbocycles. The third kappa shape index (κ3) is 3.91. The summed E-state index contributed by atoms with van der Waals surface area (Å²) in [5, 5.41) is 0.382. The van der Waals surface area contributed by atoms with E-state index >= 15 is 0 Å². The second kappa shape index (κ2) is 7.66. The molecule has 26 heavy (non-hydrogen) atoms. The van der Waals surface area contributed by atoms with Gasteiger partial charge in [-0.05, 0) is 36.8 Å². The Labute approximate surface area is 154 Å². The van der Waals surface area contributed by atoms with E-state index in [0.29, 0.717) is 30.1 Å². The average Bonchev–Trinajstić information content (AvgIpc) is 3.05. The molecular weight excluding hydrogens is 361 g/mol. The molecule has 2 aromatic rings. The molecule has 0 atom stereocenters. The Kier molecular flexibility index (Phi) is 5.32. The topological polar surface area (TPSA) is 63.7 Å². The number of anilines is 1. The summed E-state index contributed by atoms with van der Waals surface area (Å²) in [6.07, 6.45) is 1.09. The summed E-state index contributed by atoms with van der Waals surface area (Å²) in [6.45, 7) is -0.0417. The number of Topliss-reactive ketones (excluding diaryl/α,β-unsaturated/α-hetero) is 1. The number of benzene rings is 2. The number of halogens is 2. The van der Waals surface area contributed by atoms with Gasteiger partial charge in [0.25, 0.3) is 0 Å². The highest BCUT2D eigenvalue weighted by Gasteiger charge is 2.27. The van der Waals surface area contributed by atoms with Crippen molar-refractivity contribution in [2.75, 3.05) is 18.1 Å². The molecule has 134 valence electrons. The van der Waals surface area contributed by atoms with Crippen LogP contribution in [0.5, 0.6) is 0 Å². The summed E-state index contributed by atoms with van der Waals surface area (Å²) in [6, 6.07) is 9.63. The van der Waals surface area contributed by atoms with Crippen molar-refractivity contribution in [2.45, 2.75) is 12.8 Å². The van der Waals surface area contributed by atoms with Crippen molar-refractivity contribution in [2.24, 2.45) is 0 Å². The number of ketones is 1. The standard InChI is InChI=1S/C19H15ClFNO4/c20-13-6-7-15(16(10-13)22-8-2-5-18(22)24)19(25)26-11-17(23)12-3-1-4-14(21)9-12/h1,3-4,6-7,9-10H,2,5,8,11H2. The van der Waals surface area contributed by atoms with Gasteiger partial charge in [0, 0.05) is 23.6 Å². The highest BCUT2D eigenvalue weighted by molar-refractivity contribution is 6.31. The second-order valence-corrected chi connectivity index (χ2v) is 6.26. The highest BCUT2D eigenvalue weighted by atomic mass is 35.5. The number of rotatable bonds is 5. The van der Waals surface area contributed by atoms with Crippen molar-refractivity contribution in [3.05, 3.63) is 64.4 Å². The van der Waals surface area contributed by atoms with E-state index in [2.05, 4.69) is 0 Å². The van der Waals surface area contributed by atoms with Crippen LogP contribution in [0.4, 0.5) is 10.1 Å². The van der Waals surface area contributed by atoms with Gasteiger partial charge in [0.05, 0.1) is 11.3 Å². The van der Waals surface area contributed by atoms with E-state index in [4.69, 9.17) is 16.3 Å². The van der Waals surface area contributed by atoms with Crippen LogP contribution < -0.4 is 4.90 Å². The minimum absolute atomic E-state index is 0.0999. The summed E-state index contributed by atoms with van der Waals surface area (Å²) in [4.78, 5) is 37.9. The Morgan fingerprint density at radius 2 is 2.00 bits per heavy atom. The minimum atomic E-state index is -0.749. The van der Waals surface area contributed by atoms with Crippen molar-refractivity contribution >= 4 is 34.9 Å². The van der Waals surface area contributed by atoms with Crippen molar-refractivity contribution in [1.29, 1.82) is 0 Å². The maximum Gasteiger partial charge on any atom is 0.340 e. The molecule has 1 amide bonds. The monoisotopic (exact) mass is 375 g/mol. The number of carbonyl (C=O) groups is 3. The van der Waals surface area contributed by atoms with Crippen molar-refractivity contribution in [3.8, 4) is 0 Å². The van der Waals surface area contributed by atoms with Gasteiger partial charge in [-0.15, -0.1) is 0 Å². The van der Waals surface area contributed by atoms with Gasteiger partial charge in [-0.2, -0.15) is 0 Å². The van der Waals surface area contributed by atoms with Crippen molar-refractivity contribution in [1.82, 2.24) is 0 Å². The van der Waals surface area contributed by atoms with Crippen LogP contribution in [0.2, 0.25) is 5.02 Å². The lowest BCUT2D eigenvalue weighted by Gasteiger charge is -2.19. The number of ether oxygens (including phenoxy) is 1. The summed E-state index contributed by atoms with van der Waals surface area (Å²) in [7, 11) is 0. The Morgan fingerprint density at radius 1 is 1.19 bits per heavy atom. The van der Waals surface area contributed by atoms with Gasteiger partial charge in [0.15, 0.2) is 12.4 Å². The smallest absolute Gasteiger partial charge is 0.340 e. The maximum atomic E-state index is 13.2. The number of nitrogens with zero attached hydrogens (tertiary/aromatic N) is 1. The summed E-state index contributed by atoms with van der Waals surface area (Å²) in [5.41, 5.74) is 0.628. The lowest BCUT2D eigenvalue weighted by Crippen LogP contribution is -2.26. The van der Waals surface area contributed by atoms with E-state index in [-0.39, 0.29) is 17.0 Å². The third-order valence-corrected chi connectivity index (χ3v) is 4.26. The van der Waals surface area contributed by atoms with E-state index in [0.717, 1.165) is 6.07 Å². The van der Waals surface area contributed by atoms with Crippen molar-refractivity contribution < 1.29 is 23.5 Å². The maximum absolute atomic E-state index is 13.2. The van der Waals surface area contributed by atoms with Crippen LogP contribution in [0, 0.1) is 5.82 Å². The first-order chi connectivity index (χ1) is 12.5. The van der Waals surface area contributed by atoms with Crippen LogP contribution in [0.25, 0.3) is 0 Å². The summed E-state index contributed by atoms with van der Waals surface area (Å²) >= 11 is 5.99. The predicted molar refractivity (Wildman–Crippen MR) is 94.1 cm³/mol. The number of carbonyl (C=O) groups excluding carboxylic acids is 3. The SMILES string of the molecule is O=C(COC(=O)c1ccc(Cl)cc1N1CCCC1=O)c1cccc(F)c1. The molecule has 0 radical (unpaired) electrons. The number of amides is 1. The minimum Gasteiger partial charge on any atom is -0.454 e. The molecule has 0 unspecified atom stereocenters. The van der Waals surface area contributed by atoms with Crippen LogP contribution in [0.1, 0.15) is 33.6 Å². The van der Waals surface area contributed by atoms with Crippen molar-refractivity contribution in [3.63, 3.8) is 0 Å². The molecule has 1 saturated heterocycles. The molecule has 2 aromatic carbocycles. The van der Waals surface area contributed by atoms with E-state index < -0.39 is 24.2 Å². The first kappa shape index (κ1) is 18.1. The van der Waals surface area contributed by atoms with Gasteiger partial charge >= 0.3 is 5.97 Å². The fourth-order valence-electron chi connectivity index (χ4n) is 2.76. The lowest BCUT2D eigenvalue weighted by molar-refractivity contribution is -0.117. The van der Waals surface area contributed by atoms with Crippen LogP contribution in [-0.2, 0) is 9.53 Å². The first-order valence-electron chi connectivity index (χ1n) is 8.01. The van der Waals surface area contributed by atoms with Crippen LogP contribution in [0.3, 0.4) is 0 Å². The Morgan fingerprint density at radius 3 is 2.69 bits per heavy atom. The number of hydrogen-bond donors (Lipinski definition) is 0. The Balaban J connectivity index is 1.76. The lowest BCUT2D eigenvalue weighted by atomic mass is 10.1. The molecule has 0 saturated carbocycles. The van der Waals surface area contributed by atoms with E-state index in [1.807, 2.05) is 0 Å². The largest absolute Gasteiger partial charge is 0.454 e. The zero-order valence-electron chi connectivity index (χ0n) is 13.7. The molecule has 3 rings (SSSR count). The molecule has 5 nitrogen and oxygen atoms in total. The van der Waals surface area contributed by atoms with E-state index in [1.165, 1.54) is 41.3 Å². The molecule has 1 aliphatic heterocycles. The van der Waals surface area contributed by atoms with Gasteiger partial charge in [-0.25, -0.2) is 9.18 Å². The molecule has 7 heteroatoms. The zero-order chi connectivity index (χ0) is 18.7. The van der Waals surface area contributed by atoms with Crippen LogP contribution in [0.15, 0.2) is 42.5 Å². The number of esters is 1. The molecular formula is C19H15ClFNO4. The second-order valence-electron chi connectivity index (χ2n) is 5.82. The zero-order valence-corrected chi connectivity index (χ0v) is 14.5. The summed E-state index contributed by atoms with van der Waals surface area (Å²) < 4.78 is 18.2. The van der Waals surface area contributed by atoms with Gasteiger partial charge in [0.2, 0.25) is 5.91 Å². The predicted octanol–water partition coefficient (Wildman–Crippen LogP) is 3.65. The molecule has 0 spiro atoms. The fraction of sp³-hybridized carbons (Fsp3) is 0.211. The third-order valence-electron chi connectivity index (χ3n) is 4.02. The average molecular weight is 376 g/mol. The first-order valence-corrected chi connectivity index (χ1v) is 8.39. The van der Waals surface area contributed by atoms with E-state index in [9.17, 15) is 18.8 Å². The van der Waals surface area contributed by atoms with Gasteiger partial charge in [0.1, 0.15) is 5.82 Å².